The summed E-state index contributed by atoms with van der Waals surface area (Å²) < 4.78 is 2.84. The quantitative estimate of drug-likeness (QED) is 0.605. The minimum atomic E-state index is 0.0623. The van der Waals surface area contributed by atoms with E-state index in [-0.39, 0.29) is 5.91 Å². The van der Waals surface area contributed by atoms with Gasteiger partial charge in [-0.3, -0.25) is 4.79 Å². The van der Waals surface area contributed by atoms with Crippen molar-refractivity contribution < 1.29 is 4.79 Å². The fourth-order valence-electron chi connectivity index (χ4n) is 3.86. The molecule has 2 heterocycles. The van der Waals surface area contributed by atoms with Gasteiger partial charge in [0.2, 0.25) is 0 Å². The number of fused-ring (bicyclic) bond motifs is 1. The van der Waals surface area contributed by atoms with Crippen LogP contribution in [-0.4, -0.2) is 41.6 Å². The first-order valence-electron chi connectivity index (χ1n) is 9.37. The Labute approximate surface area is 172 Å². The average Bonchev–Trinajstić information content (AvgIpc) is 2.89. The number of para-hydroxylation sites is 1. The molecule has 2 aromatic carbocycles. The van der Waals surface area contributed by atoms with E-state index in [2.05, 4.69) is 26.9 Å². The van der Waals surface area contributed by atoms with E-state index < -0.39 is 0 Å². The van der Waals surface area contributed by atoms with E-state index in [4.69, 9.17) is 5.26 Å². The number of aryl methyl sites for hydroxylation is 1. The predicted octanol–water partition coefficient (Wildman–Crippen LogP) is 4.16. The number of benzene rings is 2. The summed E-state index contributed by atoms with van der Waals surface area (Å²) in [6, 6.07) is 17.9. The number of amides is 1. The fourth-order valence-corrected chi connectivity index (χ4v) is 4.63. The molecule has 1 saturated heterocycles. The number of hydrogen-bond donors (Lipinski definition) is 0. The number of hydrogen-bond acceptors (Lipinski definition) is 3. The van der Waals surface area contributed by atoms with Gasteiger partial charge < -0.3 is 14.4 Å². The third-order valence-electron chi connectivity index (χ3n) is 5.39. The molecule has 1 aromatic heterocycles. The van der Waals surface area contributed by atoms with E-state index in [0.29, 0.717) is 17.8 Å². The van der Waals surface area contributed by atoms with Crippen molar-refractivity contribution in [1.29, 1.82) is 5.26 Å². The maximum Gasteiger partial charge on any atom is 0.271 e. The Morgan fingerprint density at radius 2 is 1.79 bits per heavy atom. The van der Waals surface area contributed by atoms with Crippen molar-refractivity contribution >= 4 is 38.4 Å². The Bertz CT molecular complexity index is 1030. The van der Waals surface area contributed by atoms with Gasteiger partial charge in [-0.25, -0.2) is 0 Å². The van der Waals surface area contributed by atoms with Crippen molar-refractivity contribution in [3.63, 3.8) is 0 Å². The highest BCUT2D eigenvalue weighted by Crippen LogP contribution is 2.31. The average molecular weight is 437 g/mol. The standard InChI is InChI=1S/C22H21BrN4O/c1-25-19-6-3-2-5-18(19)20(23)21(25)22(28)27-12-4-11-26(13-14-27)17-9-7-16(15-24)8-10-17/h2-3,5-10H,4,11-14H2,1H3. The van der Waals surface area contributed by atoms with Crippen molar-refractivity contribution in [3.8, 4) is 6.07 Å². The molecular weight excluding hydrogens is 416 g/mol. The fraction of sp³-hybridized carbons (Fsp3) is 0.273. The molecule has 5 nitrogen and oxygen atoms in total. The summed E-state index contributed by atoms with van der Waals surface area (Å²) in [4.78, 5) is 17.5. The van der Waals surface area contributed by atoms with Crippen LogP contribution in [0.3, 0.4) is 0 Å². The number of anilines is 1. The van der Waals surface area contributed by atoms with Crippen LogP contribution in [0.25, 0.3) is 10.9 Å². The van der Waals surface area contributed by atoms with Crippen LogP contribution in [0.1, 0.15) is 22.5 Å². The molecule has 0 radical (unpaired) electrons. The Kier molecular flexibility index (Phi) is 5.10. The first kappa shape index (κ1) is 18.6. The third kappa shape index (κ3) is 3.27. The zero-order valence-electron chi connectivity index (χ0n) is 15.7. The first-order valence-corrected chi connectivity index (χ1v) is 10.2. The molecule has 1 aliphatic rings. The zero-order valence-corrected chi connectivity index (χ0v) is 17.3. The maximum absolute atomic E-state index is 13.3. The van der Waals surface area contributed by atoms with Crippen LogP contribution >= 0.6 is 15.9 Å². The van der Waals surface area contributed by atoms with Gasteiger partial charge in [-0.1, -0.05) is 18.2 Å². The predicted molar refractivity (Wildman–Crippen MR) is 115 cm³/mol. The molecule has 0 N–H and O–H groups in total. The van der Waals surface area contributed by atoms with E-state index in [1.54, 1.807) is 0 Å². The highest BCUT2D eigenvalue weighted by molar-refractivity contribution is 9.10. The van der Waals surface area contributed by atoms with Crippen LogP contribution in [0.15, 0.2) is 53.0 Å². The summed E-state index contributed by atoms with van der Waals surface area (Å²) in [5.41, 5.74) is 3.51. The molecule has 0 saturated carbocycles. The summed E-state index contributed by atoms with van der Waals surface area (Å²) in [6.07, 6.45) is 0.910. The smallest absolute Gasteiger partial charge is 0.271 e. The number of nitriles is 1. The van der Waals surface area contributed by atoms with Crippen molar-refractivity contribution in [2.45, 2.75) is 6.42 Å². The number of carbonyl (C=O) groups excluding carboxylic acids is 1. The van der Waals surface area contributed by atoms with Crippen molar-refractivity contribution in [2.24, 2.45) is 7.05 Å². The molecule has 0 spiro atoms. The number of nitrogens with zero attached hydrogens (tertiary/aromatic N) is 4. The van der Waals surface area contributed by atoms with E-state index in [9.17, 15) is 4.79 Å². The minimum absolute atomic E-state index is 0.0623. The van der Waals surface area contributed by atoms with Crippen molar-refractivity contribution in [3.05, 3.63) is 64.3 Å². The van der Waals surface area contributed by atoms with Gasteiger partial charge in [0, 0.05) is 49.8 Å². The highest BCUT2D eigenvalue weighted by Gasteiger charge is 2.26. The molecule has 3 aromatic rings. The number of halogens is 1. The lowest BCUT2D eigenvalue weighted by Crippen LogP contribution is -2.36. The molecular formula is C22H21BrN4O. The van der Waals surface area contributed by atoms with Gasteiger partial charge in [-0.05, 0) is 52.7 Å². The van der Waals surface area contributed by atoms with Crippen LogP contribution in [-0.2, 0) is 7.05 Å². The van der Waals surface area contributed by atoms with E-state index in [1.165, 1.54) is 0 Å². The summed E-state index contributed by atoms with van der Waals surface area (Å²) >= 11 is 3.65. The molecule has 0 bridgehead atoms. The van der Waals surface area contributed by atoms with Gasteiger partial charge in [0.25, 0.3) is 5.91 Å². The second-order valence-corrected chi connectivity index (χ2v) is 7.82. The first-order chi connectivity index (χ1) is 13.6. The van der Waals surface area contributed by atoms with E-state index in [0.717, 1.165) is 47.1 Å². The number of rotatable bonds is 2. The molecule has 0 aliphatic carbocycles. The molecule has 0 atom stereocenters. The van der Waals surface area contributed by atoms with Crippen LogP contribution in [0, 0.1) is 11.3 Å². The summed E-state index contributed by atoms with van der Waals surface area (Å²) in [5.74, 6) is 0.0623. The summed E-state index contributed by atoms with van der Waals surface area (Å²) in [7, 11) is 1.95. The number of aromatic nitrogens is 1. The van der Waals surface area contributed by atoms with Gasteiger partial charge in [0.05, 0.1) is 16.1 Å². The Balaban J connectivity index is 1.54. The molecule has 0 unspecified atom stereocenters. The summed E-state index contributed by atoms with van der Waals surface area (Å²) in [6.45, 7) is 3.08. The SMILES string of the molecule is Cn1c(C(=O)N2CCCN(c3ccc(C#N)cc3)CC2)c(Br)c2ccccc21. The van der Waals surface area contributed by atoms with Crippen LogP contribution in [0.2, 0.25) is 0 Å². The monoisotopic (exact) mass is 436 g/mol. The zero-order chi connectivity index (χ0) is 19.7. The molecule has 142 valence electrons. The highest BCUT2D eigenvalue weighted by atomic mass is 79.9. The molecule has 1 fully saturated rings. The molecule has 6 heteroatoms. The van der Waals surface area contributed by atoms with Gasteiger partial charge in [-0.2, -0.15) is 5.26 Å². The Morgan fingerprint density at radius 3 is 2.50 bits per heavy atom. The summed E-state index contributed by atoms with van der Waals surface area (Å²) in [5, 5.41) is 10.0. The normalized spacial score (nSPS) is 14.8. The van der Waals surface area contributed by atoms with Crippen molar-refractivity contribution in [1.82, 2.24) is 9.47 Å². The van der Waals surface area contributed by atoms with Crippen molar-refractivity contribution in [2.75, 3.05) is 31.1 Å². The van der Waals surface area contributed by atoms with E-state index >= 15 is 0 Å². The van der Waals surface area contributed by atoms with Gasteiger partial charge in [0.15, 0.2) is 0 Å². The van der Waals surface area contributed by atoms with Crippen LogP contribution in [0.5, 0.6) is 0 Å². The number of carbonyl (C=O) groups is 1. The maximum atomic E-state index is 13.3. The lowest BCUT2D eigenvalue weighted by molar-refractivity contribution is 0.0757. The lowest BCUT2D eigenvalue weighted by Gasteiger charge is -2.24. The van der Waals surface area contributed by atoms with Gasteiger partial charge in [0.1, 0.15) is 5.69 Å². The van der Waals surface area contributed by atoms with Crippen LogP contribution < -0.4 is 4.90 Å². The Hall–Kier alpha value is -2.78. The van der Waals surface area contributed by atoms with Gasteiger partial charge in [-0.15, -0.1) is 0 Å². The van der Waals surface area contributed by atoms with E-state index in [1.807, 2.05) is 65.0 Å². The second-order valence-electron chi connectivity index (χ2n) is 7.03. The molecule has 4 rings (SSSR count). The lowest BCUT2D eigenvalue weighted by atomic mass is 10.2. The molecule has 1 amide bonds. The Morgan fingerprint density at radius 1 is 1.04 bits per heavy atom. The van der Waals surface area contributed by atoms with Gasteiger partial charge >= 0.3 is 0 Å². The topological polar surface area (TPSA) is 52.3 Å². The minimum Gasteiger partial charge on any atom is -0.370 e. The second kappa shape index (κ2) is 7.69. The molecule has 28 heavy (non-hydrogen) atoms. The third-order valence-corrected chi connectivity index (χ3v) is 6.20. The largest absolute Gasteiger partial charge is 0.370 e. The van der Waals surface area contributed by atoms with Crippen LogP contribution in [0.4, 0.5) is 5.69 Å². The molecule has 1 aliphatic heterocycles.